The number of rotatable bonds is 3. The standard InChI is InChI=1S/C14H22N2OS.ClH/c1-9-4-5-12-11(6-9)7-13(18-12)14(17)16(3)10(2)8-15;/h7,9-10H,4-6,8,15H2,1-3H3;1H. The monoisotopic (exact) mass is 302 g/mol. The molecular formula is C14H23ClN2OS. The fraction of sp³-hybridized carbons (Fsp3) is 0.643. The number of nitrogens with two attached hydrogens (primary N) is 1. The van der Waals surface area contributed by atoms with Crippen molar-refractivity contribution in [2.45, 2.75) is 39.2 Å². The maximum atomic E-state index is 12.3. The summed E-state index contributed by atoms with van der Waals surface area (Å²) in [6, 6.07) is 2.19. The summed E-state index contributed by atoms with van der Waals surface area (Å²) in [4.78, 5) is 16.4. The molecule has 1 aliphatic rings. The molecule has 5 heteroatoms. The third-order valence-corrected chi connectivity index (χ3v) is 5.09. The molecule has 3 nitrogen and oxygen atoms in total. The van der Waals surface area contributed by atoms with Crippen LogP contribution in [0, 0.1) is 5.92 Å². The van der Waals surface area contributed by atoms with Gasteiger partial charge in [0.2, 0.25) is 0 Å². The van der Waals surface area contributed by atoms with E-state index in [1.54, 1.807) is 16.2 Å². The van der Waals surface area contributed by atoms with Gasteiger partial charge in [0.25, 0.3) is 5.91 Å². The molecule has 2 atom stereocenters. The quantitative estimate of drug-likeness (QED) is 0.933. The summed E-state index contributed by atoms with van der Waals surface area (Å²) in [5, 5.41) is 0. The molecular weight excluding hydrogens is 280 g/mol. The molecule has 0 saturated heterocycles. The van der Waals surface area contributed by atoms with Gasteiger partial charge in [0, 0.05) is 24.5 Å². The molecule has 0 fully saturated rings. The molecule has 0 aliphatic heterocycles. The van der Waals surface area contributed by atoms with Gasteiger partial charge in [0.05, 0.1) is 4.88 Å². The molecule has 2 unspecified atom stereocenters. The number of nitrogens with zero attached hydrogens (tertiary/aromatic N) is 1. The van der Waals surface area contributed by atoms with Gasteiger partial charge in [-0.05, 0) is 43.7 Å². The van der Waals surface area contributed by atoms with Gasteiger partial charge in [-0.15, -0.1) is 23.7 Å². The van der Waals surface area contributed by atoms with Crippen LogP contribution in [0.2, 0.25) is 0 Å². The number of halogens is 1. The minimum absolute atomic E-state index is 0. The zero-order valence-electron chi connectivity index (χ0n) is 11.8. The summed E-state index contributed by atoms with van der Waals surface area (Å²) in [6.07, 6.45) is 3.50. The number of fused-ring (bicyclic) bond motifs is 1. The second-order valence-electron chi connectivity index (χ2n) is 5.41. The van der Waals surface area contributed by atoms with Crippen molar-refractivity contribution in [3.63, 3.8) is 0 Å². The first-order chi connectivity index (χ1) is 8.52. The van der Waals surface area contributed by atoms with E-state index in [1.165, 1.54) is 16.9 Å². The molecule has 2 rings (SSSR count). The second kappa shape index (κ2) is 6.73. The zero-order valence-corrected chi connectivity index (χ0v) is 13.4. The Morgan fingerprint density at radius 1 is 1.63 bits per heavy atom. The molecule has 1 heterocycles. The van der Waals surface area contributed by atoms with Crippen LogP contribution in [0.5, 0.6) is 0 Å². The summed E-state index contributed by atoms with van der Waals surface area (Å²) < 4.78 is 0. The molecule has 0 saturated carbocycles. The molecule has 19 heavy (non-hydrogen) atoms. The average Bonchev–Trinajstić information content (AvgIpc) is 2.78. The Morgan fingerprint density at radius 3 is 2.95 bits per heavy atom. The van der Waals surface area contributed by atoms with Crippen molar-refractivity contribution in [1.82, 2.24) is 4.90 Å². The molecule has 1 aromatic rings. The first kappa shape index (κ1) is 16.5. The summed E-state index contributed by atoms with van der Waals surface area (Å²) >= 11 is 1.67. The molecule has 0 aromatic carbocycles. The first-order valence-corrected chi connectivity index (χ1v) is 7.43. The molecule has 0 bridgehead atoms. The number of hydrogen-bond acceptors (Lipinski definition) is 3. The number of aryl methyl sites for hydroxylation is 1. The maximum Gasteiger partial charge on any atom is 0.263 e. The van der Waals surface area contributed by atoms with Gasteiger partial charge in [0.15, 0.2) is 0 Å². The number of hydrogen-bond donors (Lipinski definition) is 1. The predicted molar refractivity (Wildman–Crippen MR) is 83.4 cm³/mol. The largest absolute Gasteiger partial charge is 0.337 e. The van der Waals surface area contributed by atoms with E-state index in [9.17, 15) is 4.79 Å². The van der Waals surface area contributed by atoms with Gasteiger partial charge < -0.3 is 10.6 Å². The lowest BCUT2D eigenvalue weighted by atomic mass is 9.90. The van der Waals surface area contributed by atoms with E-state index in [-0.39, 0.29) is 24.4 Å². The van der Waals surface area contributed by atoms with Crippen LogP contribution in [0.25, 0.3) is 0 Å². The van der Waals surface area contributed by atoms with E-state index in [0.29, 0.717) is 6.54 Å². The number of thiophene rings is 1. The minimum atomic E-state index is 0. The fourth-order valence-corrected chi connectivity index (χ4v) is 3.53. The van der Waals surface area contributed by atoms with Crippen molar-refractivity contribution in [2.24, 2.45) is 11.7 Å². The Morgan fingerprint density at radius 2 is 2.32 bits per heavy atom. The number of likely N-dealkylation sites (N-methyl/N-ethyl adjacent to an activating group) is 1. The fourth-order valence-electron chi connectivity index (χ4n) is 2.34. The summed E-state index contributed by atoms with van der Waals surface area (Å²) in [6.45, 7) is 4.77. The van der Waals surface area contributed by atoms with Gasteiger partial charge in [-0.1, -0.05) is 6.92 Å². The average molecular weight is 303 g/mol. The zero-order chi connectivity index (χ0) is 13.3. The van der Waals surface area contributed by atoms with E-state index in [1.807, 2.05) is 14.0 Å². The van der Waals surface area contributed by atoms with Crippen molar-refractivity contribution in [3.8, 4) is 0 Å². The van der Waals surface area contributed by atoms with E-state index in [0.717, 1.165) is 23.6 Å². The lowest BCUT2D eigenvalue weighted by Gasteiger charge is -2.22. The Bertz CT molecular complexity index is 447. The second-order valence-corrected chi connectivity index (χ2v) is 6.54. The minimum Gasteiger partial charge on any atom is -0.337 e. The third-order valence-electron chi connectivity index (χ3n) is 3.86. The van der Waals surface area contributed by atoms with Crippen molar-refractivity contribution in [2.75, 3.05) is 13.6 Å². The normalized spacial score (nSPS) is 19.3. The van der Waals surface area contributed by atoms with E-state index < -0.39 is 0 Å². The Balaban J connectivity index is 0.00000180. The molecule has 0 spiro atoms. The van der Waals surface area contributed by atoms with Crippen LogP contribution < -0.4 is 5.73 Å². The van der Waals surface area contributed by atoms with Crippen LogP contribution in [0.15, 0.2) is 6.07 Å². The van der Waals surface area contributed by atoms with Crippen molar-refractivity contribution < 1.29 is 4.79 Å². The highest BCUT2D eigenvalue weighted by Gasteiger charge is 2.23. The van der Waals surface area contributed by atoms with Crippen molar-refractivity contribution in [3.05, 3.63) is 21.4 Å². The Kier molecular flexibility index (Phi) is 5.83. The van der Waals surface area contributed by atoms with Gasteiger partial charge in [-0.3, -0.25) is 4.79 Å². The Hall–Kier alpha value is -0.580. The van der Waals surface area contributed by atoms with Gasteiger partial charge in [-0.2, -0.15) is 0 Å². The Labute approximate surface area is 125 Å². The number of amides is 1. The third kappa shape index (κ3) is 3.50. The van der Waals surface area contributed by atoms with E-state index in [4.69, 9.17) is 5.73 Å². The molecule has 1 aromatic heterocycles. The van der Waals surface area contributed by atoms with Crippen LogP contribution in [0.1, 0.15) is 40.4 Å². The van der Waals surface area contributed by atoms with E-state index in [2.05, 4.69) is 13.0 Å². The molecule has 1 amide bonds. The predicted octanol–water partition coefficient (Wildman–Crippen LogP) is 2.71. The topological polar surface area (TPSA) is 46.3 Å². The first-order valence-electron chi connectivity index (χ1n) is 6.61. The summed E-state index contributed by atoms with van der Waals surface area (Å²) in [5.41, 5.74) is 7.00. The molecule has 0 radical (unpaired) electrons. The van der Waals surface area contributed by atoms with Crippen LogP contribution in [0.3, 0.4) is 0 Å². The van der Waals surface area contributed by atoms with Crippen LogP contribution in [-0.2, 0) is 12.8 Å². The number of carbonyl (C=O) groups excluding carboxylic acids is 1. The summed E-state index contributed by atoms with van der Waals surface area (Å²) in [7, 11) is 1.83. The van der Waals surface area contributed by atoms with Gasteiger partial charge >= 0.3 is 0 Å². The van der Waals surface area contributed by atoms with Crippen LogP contribution in [0.4, 0.5) is 0 Å². The van der Waals surface area contributed by atoms with Crippen LogP contribution in [-0.4, -0.2) is 30.4 Å². The summed E-state index contributed by atoms with van der Waals surface area (Å²) in [5.74, 6) is 0.857. The highest BCUT2D eigenvalue weighted by atomic mass is 35.5. The highest BCUT2D eigenvalue weighted by molar-refractivity contribution is 7.14. The smallest absolute Gasteiger partial charge is 0.263 e. The lowest BCUT2D eigenvalue weighted by Crippen LogP contribution is -2.39. The molecule has 2 N–H and O–H groups in total. The number of carbonyl (C=O) groups is 1. The highest BCUT2D eigenvalue weighted by Crippen LogP contribution is 2.32. The van der Waals surface area contributed by atoms with Crippen LogP contribution >= 0.6 is 23.7 Å². The SMILES string of the molecule is CC1CCc2sc(C(=O)N(C)C(C)CN)cc2C1.Cl. The molecule has 1 aliphatic carbocycles. The van der Waals surface area contributed by atoms with Crippen molar-refractivity contribution >= 4 is 29.7 Å². The van der Waals surface area contributed by atoms with E-state index >= 15 is 0 Å². The van der Waals surface area contributed by atoms with Crippen molar-refractivity contribution in [1.29, 1.82) is 0 Å². The molecule has 108 valence electrons. The lowest BCUT2D eigenvalue weighted by molar-refractivity contribution is 0.0753. The maximum absolute atomic E-state index is 12.3. The van der Waals surface area contributed by atoms with Gasteiger partial charge in [0.1, 0.15) is 0 Å². The van der Waals surface area contributed by atoms with Gasteiger partial charge in [-0.25, -0.2) is 0 Å².